The molecule has 0 N–H and O–H groups in total. The first-order chi connectivity index (χ1) is 16.3. The van der Waals surface area contributed by atoms with Crippen molar-refractivity contribution in [1.82, 2.24) is 19.1 Å². The molecular formula is C31H36N4Pt. The van der Waals surface area contributed by atoms with Gasteiger partial charge in [0, 0.05) is 16.8 Å². The van der Waals surface area contributed by atoms with Crippen LogP contribution in [-0.2, 0) is 37.3 Å². The van der Waals surface area contributed by atoms with Crippen LogP contribution in [0.5, 0.6) is 0 Å². The van der Waals surface area contributed by atoms with Crippen molar-refractivity contribution in [1.29, 1.82) is 0 Å². The van der Waals surface area contributed by atoms with Gasteiger partial charge in [0.15, 0.2) is 0 Å². The molecule has 8 bridgehead atoms. The van der Waals surface area contributed by atoms with Gasteiger partial charge in [-0.1, -0.05) is 103 Å². The van der Waals surface area contributed by atoms with E-state index in [0.717, 1.165) is 23.0 Å². The molecule has 0 aromatic carbocycles. The quantitative estimate of drug-likeness (QED) is 0.195. The van der Waals surface area contributed by atoms with Crippen molar-refractivity contribution in [2.75, 3.05) is 0 Å². The number of nitrogens with zero attached hydrogens (tertiary/aromatic N) is 4. The average molecular weight is 660 g/mol. The van der Waals surface area contributed by atoms with Crippen LogP contribution in [0.2, 0.25) is 0 Å². The van der Waals surface area contributed by atoms with Crippen LogP contribution in [0.3, 0.4) is 0 Å². The number of pyridine rings is 2. The fourth-order valence-electron chi connectivity index (χ4n) is 5.48. The van der Waals surface area contributed by atoms with Gasteiger partial charge >= 0.3 is 21.1 Å². The minimum Gasteiger partial charge on any atom is -0.432 e. The summed E-state index contributed by atoms with van der Waals surface area (Å²) in [5, 5.41) is 0. The number of rotatable bonds is 0. The van der Waals surface area contributed by atoms with E-state index in [4.69, 9.17) is 9.97 Å². The molecule has 0 radical (unpaired) electrons. The van der Waals surface area contributed by atoms with Gasteiger partial charge < -0.3 is 9.13 Å². The third kappa shape index (κ3) is 3.59. The number of hydrogen-bond donors (Lipinski definition) is 0. The summed E-state index contributed by atoms with van der Waals surface area (Å²) < 4.78 is 4.27. The van der Waals surface area contributed by atoms with Crippen molar-refractivity contribution in [3.8, 4) is 11.6 Å². The summed E-state index contributed by atoms with van der Waals surface area (Å²) in [4.78, 5) is 10.3. The Hall–Kier alpha value is -2.45. The van der Waals surface area contributed by atoms with E-state index in [1.54, 1.807) is 0 Å². The van der Waals surface area contributed by atoms with Gasteiger partial charge in [-0.05, 0) is 36.8 Å². The standard InChI is InChI=1S/C31H36N4.Pt/c1-19-21(3)34-17-23(19)30(7,8)31(9,10)24-18-35(22(4)20(24)2)28-16-12-14-26(33-28)29(5,6)25-13-11-15-27(34)32-25;/h11-16H,1-10H3;/q-2;+2. The van der Waals surface area contributed by atoms with E-state index in [0.29, 0.717) is 0 Å². The molecule has 0 atom stereocenters. The molecule has 5 heterocycles. The number of aromatic nitrogens is 4. The second-order valence-electron chi connectivity index (χ2n) is 11.7. The third-order valence-electron chi connectivity index (χ3n) is 8.97. The molecule has 0 spiro atoms. The number of fused-ring (bicyclic) bond motifs is 10. The maximum atomic E-state index is 5.14. The van der Waals surface area contributed by atoms with Crippen LogP contribution in [0.4, 0.5) is 0 Å². The monoisotopic (exact) mass is 659 g/mol. The molecule has 1 aliphatic rings. The molecule has 0 aliphatic carbocycles. The summed E-state index contributed by atoms with van der Waals surface area (Å²) in [5.41, 5.74) is 8.50. The van der Waals surface area contributed by atoms with Crippen LogP contribution in [0.1, 0.15) is 86.6 Å². The first-order valence-electron chi connectivity index (χ1n) is 12.5. The predicted octanol–water partition coefficient (Wildman–Crippen LogP) is 6.78. The van der Waals surface area contributed by atoms with Crippen LogP contribution in [0, 0.1) is 40.1 Å². The SMILES string of the molecule is Cc1c2[c-]n(c1C)-c1cccc(n1)C(C)(C)c1cccc(n1)-n1[c-]c(c(C)c1C)C(C)(C)C2(C)C.[Pt+2]. The summed E-state index contributed by atoms with van der Waals surface area (Å²) >= 11 is 0. The summed E-state index contributed by atoms with van der Waals surface area (Å²) in [6.45, 7) is 22.5. The molecule has 4 nitrogen and oxygen atoms in total. The summed E-state index contributed by atoms with van der Waals surface area (Å²) in [6.07, 6.45) is 7.52. The molecule has 1 aliphatic heterocycles. The van der Waals surface area contributed by atoms with Crippen molar-refractivity contribution in [2.45, 2.75) is 85.5 Å². The topological polar surface area (TPSA) is 35.6 Å². The van der Waals surface area contributed by atoms with E-state index >= 15 is 0 Å². The second-order valence-corrected chi connectivity index (χ2v) is 11.7. The normalized spacial score (nSPS) is 17.1. The molecule has 4 aromatic heterocycles. The smallest absolute Gasteiger partial charge is 0.432 e. The maximum absolute atomic E-state index is 5.14. The molecule has 5 rings (SSSR count). The zero-order chi connectivity index (χ0) is 25.5. The largest absolute Gasteiger partial charge is 2.00 e. The Morgan fingerprint density at radius 2 is 0.972 bits per heavy atom. The van der Waals surface area contributed by atoms with Gasteiger partial charge in [-0.2, -0.15) is 0 Å². The molecule has 0 unspecified atom stereocenters. The van der Waals surface area contributed by atoms with Crippen LogP contribution < -0.4 is 0 Å². The number of hydrogen-bond acceptors (Lipinski definition) is 2. The van der Waals surface area contributed by atoms with E-state index < -0.39 is 0 Å². The van der Waals surface area contributed by atoms with Gasteiger partial charge in [-0.3, -0.25) is 9.97 Å². The molecule has 4 aromatic rings. The first-order valence-corrected chi connectivity index (χ1v) is 12.5. The third-order valence-corrected chi connectivity index (χ3v) is 8.97. The van der Waals surface area contributed by atoms with Crippen molar-refractivity contribution in [3.63, 3.8) is 0 Å². The molecule has 190 valence electrons. The van der Waals surface area contributed by atoms with Gasteiger partial charge in [0.1, 0.15) is 0 Å². The molecule has 5 heteroatoms. The Balaban J connectivity index is 0.00000304. The summed E-state index contributed by atoms with van der Waals surface area (Å²) in [7, 11) is 0. The molecule has 0 saturated heterocycles. The predicted molar refractivity (Wildman–Crippen MR) is 142 cm³/mol. The van der Waals surface area contributed by atoms with E-state index in [-0.39, 0.29) is 37.3 Å². The van der Waals surface area contributed by atoms with Gasteiger partial charge in [0.25, 0.3) is 0 Å². The van der Waals surface area contributed by atoms with Crippen LogP contribution >= 0.6 is 0 Å². The van der Waals surface area contributed by atoms with Crippen molar-refractivity contribution in [2.24, 2.45) is 0 Å². The van der Waals surface area contributed by atoms with E-state index in [9.17, 15) is 0 Å². The molecule has 0 saturated carbocycles. The average Bonchev–Trinajstić information content (AvgIpc) is 3.30. The van der Waals surface area contributed by atoms with E-state index in [1.807, 2.05) is 0 Å². The van der Waals surface area contributed by atoms with Crippen molar-refractivity contribution in [3.05, 3.63) is 93.8 Å². The molecule has 0 fully saturated rings. The van der Waals surface area contributed by atoms with Crippen LogP contribution in [-0.4, -0.2) is 19.1 Å². The van der Waals surface area contributed by atoms with Crippen molar-refractivity contribution < 1.29 is 21.1 Å². The molecular weight excluding hydrogens is 623 g/mol. The Bertz CT molecular complexity index is 1360. The van der Waals surface area contributed by atoms with Crippen LogP contribution in [0.25, 0.3) is 11.6 Å². The first kappa shape index (κ1) is 26.6. The Morgan fingerprint density at radius 1 is 0.611 bits per heavy atom. The van der Waals surface area contributed by atoms with E-state index in [1.165, 1.54) is 33.6 Å². The Labute approximate surface area is 230 Å². The van der Waals surface area contributed by atoms with Crippen LogP contribution in [0.15, 0.2) is 36.4 Å². The summed E-state index contributed by atoms with van der Waals surface area (Å²) in [6, 6.07) is 12.5. The van der Waals surface area contributed by atoms with E-state index in [2.05, 4.69) is 127 Å². The maximum Gasteiger partial charge on any atom is 2.00 e. The van der Waals surface area contributed by atoms with Gasteiger partial charge in [0.2, 0.25) is 0 Å². The van der Waals surface area contributed by atoms with Crippen molar-refractivity contribution >= 4 is 0 Å². The minimum atomic E-state index is -0.372. The zero-order valence-corrected chi connectivity index (χ0v) is 25.3. The molecule has 36 heavy (non-hydrogen) atoms. The minimum absolute atomic E-state index is 0. The zero-order valence-electron chi connectivity index (χ0n) is 23.1. The molecule has 0 amide bonds. The fraction of sp³-hybridized carbons (Fsp3) is 0.419. The Kier molecular flexibility index (Phi) is 6.32. The Morgan fingerprint density at radius 3 is 1.33 bits per heavy atom. The van der Waals surface area contributed by atoms with Gasteiger partial charge in [-0.15, -0.1) is 22.3 Å². The second kappa shape index (κ2) is 8.55. The summed E-state index contributed by atoms with van der Waals surface area (Å²) in [5.74, 6) is 1.79. The fourth-order valence-corrected chi connectivity index (χ4v) is 5.48. The van der Waals surface area contributed by atoms with Gasteiger partial charge in [0.05, 0.1) is 11.6 Å². The van der Waals surface area contributed by atoms with Gasteiger partial charge in [-0.25, -0.2) is 0 Å².